The van der Waals surface area contributed by atoms with Crippen molar-refractivity contribution in [3.63, 3.8) is 0 Å². The highest BCUT2D eigenvalue weighted by Gasteiger charge is 2.06. The molecule has 1 heterocycles. The molecule has 108 valence electrons. The fraction of sp³-hybridized carbons (Fsp3) is 0.375. The van der Waals surface area contributed by atoms with Crippen LogP contribution in [-0.2, 0) is 6.54 Å². The van der Waals surface area contributed by atoms with Crippen LogP contribution in [0.1, 0.15) is 17.7 Å². The van der Waals surface area contributed by atoms with Gasteiger partial charge in [-0.1, -0.05) is 23.7 Å². The van der Waals surface area contributed by atoms with E-state index in [4.69, 9.17) is 16.0 Å². The van der Waals surface area contributed by atoms with Crippen molar-refractivity contribution in [3.05, 3.63) is 46.7 Å². The predicted molar refractivity (Wildman–Crippen MR) is 84.1 cm³/mol. The Bertz CT molecular complexity index is 551. The summed E-state index contributed by atoms with van der Waals surface area (Å²) in [6, 6.07) is 9.99. The molecule has 0 amide bonds. The number of aryl methyl sites for hydroxylation is 1. The molecule has 1 aromatic heterocycles. The van der Waals surface area contributed by atoms with Crippen LogP contribution < -0.4 is 10.6 Å². The van der Waals surface area contributed by atoms with Gasteiger partial charge in [0.2, 0.25) is 0 Å². The maximum Gasteiger partial charge on any atom is 0.134 e. The Hall–Kier alpha value is -1.29. The molecule has 0 saturated carbocycles. The van der Waals surface area contributed by atoms with E-state index in [1.165, 1.54) is 0 Å². The lowest BCUT2D eigenvalue weighted by Crippen LogP contribution is -2.19. The molecule has 2 N–H and O–H groups in total. The van der Waals surface area contributed by atoms with Gasteiger partial charge in [-0.3, -0.25) is 0 Å². The molecule has 0 aliphatic carbocycles. The highest BCUT2D eigenvalue weighted by Crippen LogP contribution is 2.26. The minimum absolute atomic E-state index is 0.753. The molecule has 0 aliphatic heterocycles. The molecular weight excluding hydrogens is 272 g/mol. The Morgan fingerprint density at radius 2 is 2.00 bits per heavy atom. The van der Waals surface area contributed by atoms with E-state index >= 15 is 0 Å². The molecule has 3 nitrogen and oxygen atoms in total. The van der Waals surface area contributed by atoms with E-state index < -0.39 is 0 Å². The van der Waals surface area contributed by atoms with Gasteiger partial charge < -0.3 is 15.1 Å². The lowest BCUT2D eigenvalue weighted by atomic mass is 10.1. The van der Waals surface area contributed by atoms with Gasteiger partial charge >= 0.3 is 0 Å². The zero-order valence-corrected chi connectivity index (χ0v) is 12.8. The molecule has 0 spiro atoms. The first-order valence-electron chi connectivity index (χ1n) is 6.91. The molecule has 0 fully saturated rings. The summed E-state index contributed by atoms with van der Waals surface area (Å²) in [6.07, 6.45) is 1.11. The smallest absolute Gasteiger partial charge is 0.134 e. The summed E-state index contributed by atoms with van der Waals surface area (Å²) in [5.41, 5.74) is 2.09. The van der Waals surface area contributed by atoms with Gasteiger partial charge in [-0.2, -0.15) is 0 Å². The van der Waals surface area contributed by atoms with Gasteiger partial charge in [0.05, 0.1) is 6.54 Å². The zero-order valence-electron chi connectivity index (χ0n) is 12.0. The number of nitrogens with one attached hydrogen (secondary N) is 2. The minimum Gasteiger partial charge on any atom is -0.460 e. The van der Waals surface area contributed by atoms with E-state index in [2.05, 4.69) is 10.6 Å². The molecule has 4 heteroatoms. The molecule has 0 atom stereocenters. The fourth-order valence-electron chi connectivity index (χ4n) is 1.98. The fourth-order valence-corrected chi connectivity index (χ4v) is 2.16. The maximum atomic E-state index is 6.14. The first-order valence-corrected chi connectivity index (χ1v) is 7.29. The van der Waals surface area contributed by atoms with Crippen LogP contribution in [-0.4, -0.2) is 20.1 Å². The van der Waals surface area contributed by atoms with Crippen LogP contribution in [0.15, 0.2) is 34.7 Å². The molecule has 0 bridgehead atoms. The maximum absolute atomic E-state index is 6.14. The van der Waals surface area contributed by atoms with Crippen molar-refractivity contribution < 1.29 is 4.42 Å². The number of hydrogen-bond donors (Lipinski definition) is 2. The van der Waals surface area contributed by atoms with Crippen molar-refractivity contribution in [2.45, 2.75) is 19.9 Å². The number of halogens is 1. The lowest BCUT2D eigenvalue weighted by Gasteiger charge is -2.03. The van der Waals surface area contributed by atoms with E-state index in [0.29, 0.717) is 0 Å². The monoisotopic (exact) mass is 292 g/mol. The summed E-state index contributed by atoms with van der Waals surface area (Å²) in [4.78, 5) is 0. The molecule has 0 aliphatic rings. The average molecular weight is 293 g/mol. The van der Waals surface area contributed by atoms with Gasteiger partial charge in [-0.25, -0.2) is 0 Å². The first-order chi connectivity index (χ1) is 9.70. The van der Waals surface area contributed by atoms with E-state index in [0.717, 1.165) is 53.7 Å². The van der Waals surface area contributed by atoms with Gasteiger partial charge in [0.15, 0.2) is 0 Å². The van der Waals surface area contributed by atoms with Crippen molar-refractivity contribution >= 4 is 11.6 Å². The third-order valence-electron chi connectivity index (χ3n) is 3.20. The van der Waals surface area contributed by atoms with Gasteiger partial charge in [0.25, 0.3) is 0 Å². The summed E-state index contributed by atoms with van der Waals surface area (Å²) in [6.45, 7) is 4.75. The van der Waals surface area contributed by atoms with Crippen LogP contribution in [0.25, 0.3) is 11.3 Å². The van der Waals surface area contributed by atoms with Gasteiger partial charge in [0, 0.05) is 10.6 Å². The van der Waals surface area contributed by atoms with E-state index in [1.54, 1.807) is 0 Å². The second kappa shape index (κ2) is 7.48. The standard InChI is InChI=1S/C16H21ClN2O/c1-12-4-5-13(10-15(12)17)16-7-6-14(20-16)11-19-9-3-8-18-2/h4-7,10,18-19H,3,8-9,11H2,1-2H3. The normalized spacial score (nSPS) is 10.9. The van der Waals surface area contributed by atoms with Crippen molar-refractivity contribution in [2.75, 3.05) is 20.1 Å². The summed E-state index contributed by atoms with van der Waals surface area (Å²) < 4.78 is 5.83. The first kappa shape index (κ1) is 15.1. The topological polar surface area (TPSA) is 37.2 Å². The molecule has 1 aromatic carbocycles. The quantitative estimate of drug-likeness (QED) is 0.766. The second-order valence-electron chi connectivity index (χ2n) is 4.86. The molecule has 20 heavy (non-hydrogen) atoms. The van der Waals surface area contributed by atoms with Crippen LogP contribution in [0.2, 0.25) is 5.02 Å². The molecule has 2 rings (SSSR count). The van der Waals surface area contributed by atoms with Gasteiger partial charge in [-0.05, 0) is 57.2 Å². The van der Waals surface area contributed by atoms with Crippen LogP contribution in [0.3, 0.4) is 0 Å². The predicted octanol–water partition coefficient (Wildman–Crippen LogP) is 3.61. The number of rotatable bonds is 7. The third-order valence-corrected chi connectivity index (χ3v) is 3.60. The number of furan rings is 1. The van der Waals surface area contributed by atoms with Crippen LogP contribution in [0, 0.1) is 6.92 Å². The Morgan fingerprint density at radius 1 is 1.15 bits per heavy atom. The van der Waals surface area contributed by atoms with Crippen molar-refractivity contribution in [2.24, 2.45) is 0 Å². The van der Waals surface area contributed by atoms with Crippen LogP contribution >= 0.6 is 11.6 Å². The molecule has 0 radical (unpaired) electrons. The van der Waals surface area contributed by atoms with Gasteiger partial charge in [0.1, 0.15) is 11.5 Å². The molecule has 0 saturated heterocycles. The van der Waals surface area contributed by atoms with Crippen molar-refractivity contribution in [3.8, 4) is 11.3 Å². The molecular formula is C16H21ClN2O. The Morgan fingerprint density at radius 3 is 2.75 bits per heavy atom. The second-order valence-corrected chi connectivity index (χ2v) is 5.27. The summed E-state index contributed by atoms with van der Waals surface area (Å²) >= 11 is 6.14. The Kier molecular flexibility index (Phi) is 5.65. The average Bonchev–Trinajstić information content (AvgIpc) is 2.90. The highest BCUT2D eigenvalue weighted by molar-refractivity contribution is 6.31. The number of benzene rings is 1. The summed E-state index contributed by atoms with van der Waals surface area (Å²) in [7, 11) is 1.96. The summed E-state index contributed by atoms with van der Waals surface area (Å²) in [5.74, 6) is 1.81. The highest BCUT2D eigenvalue weighted by atomic mass is 35.5. The van der Waals surface area contributed by atoms with Crippen molar-refractivity contribution in [1.29, 1.82) is 0 Å². The van der Waals surface area contributed by atoms with E-state index in [-0.39, 0.29) is 0 Å². The van der Waals surface area contributed by atoms with Crippen molar-refractivity contribution in [1.82, 2.24) is 10.6 Å². The minimum atomic E-state index is 0.753. The van der Waals surface area contributed by atoms with Gasteiger partial charge in [-0.15, -0.1) is 0 Å². The zero-order chi connectivity index (χ0) is 14.4. The van der Waals surface area contributed by atoms with E-state index in [1.807, 2.05) is 44.3 Å². The van der Waals surface area contributed by atoms with E-state index in [9.17, 15) is 0 Å². The van der Waals surface area contributed by atoms with Crippen LogP contribution in [0.4, 0.5) is 0 Å². The molecule has 2 aromatic rings. The summed E-state index contributed by atoms with van der Waals surface area (Å²) in [5, 5.41) is 7.26. The lowest BCUT2D eigenvalue weighted by molar-refractivity contribution is 0.490. The third kappa shape index (κ3) is 4.10. The molecule has 0 unspecified atom stereocenters. The largest absolute Gasteiger partial charge is 0.460 e. The Balaban J connectivity index is 1.93. The Labute approximate surface area is 125 Å². The SMILES string of the molecule is CNCCCNCc1ccc(-c2ccc(C)c(Cl)c2)o1. The van der Waals surface area contributed by atoms with Crippen LogP contribution in [0.5, 0.6) is 0 Å². The number of hydrogen-bond acceptors (Lipinski definition) is 3.